The summed E-state index contributed by atoms with van der Waals surface area (Å²) in [6.07, 6.45) is 6.11. The van der Waals surface area contributed by atoms with Gasteiger partial charge in [0.15, 0.2) is 0 Å². The van der Waals surface area contributed by atoms with Gasteiger partial charge < -0.3 is 14.8 Å². The van der Waals surface area contributed by atoms with Crippen LogP contribution >= 0.6 is 11.6 Å². The summed E-state index contributed by atoms with van der Waals surface area (Å²) in [6, 6.07) is 23.7. The van der Waals surface area contributed by atoms with Crippen molar-refractivity contribution in [1.82, 2.24) is 35.7 Å². The number of ether oxygens (including phenoxy) is 2. The minimum absolute atomic E-state index is 0.157. The highest BCUT2D eigenvalue weighted by atomic mass is 35.5. The number of benzene rings is 3. The van der Waals surface area contributed by atoms with E-state index in [1.54, 1.807) is 42.6 Å². The number of amides is 2. The second kappa shape index (κ2) is 15.3. The summed E-state index contributed by atoms with van der Waals surface area (Å²) < 4.78 is 11.4. The fourth-order valence-corrected chi connectivity index (χ4v) is 4.61. The first kappa shape index (κ1) is 31.0. The average Bonchev–Trinajstić information content (AvgIpc) is 3.60. The Labute approximate surface area is 264 Å². The van der Waals surface area contributed by atoms with E-state index in [1.165, 1.54) is 24.2 Å². The molecule has 0 fully saturated rings. The van der Waals surface area contributed by atoms with E-state index in [1.807, 2.05) is 48.5 Å². The molecule has 2 heterocycles. The number of hydrogen-bond acceptors (Lipinski definition) is 9. The third-order valence-electron chi connectivity index (χ3n) is 6.61. The van der Waals surface area contributed by atoms with Gasteiger partial charge in [0, 0.05) is 35.0 Å². The molecule has 2 N–H and O–H groups in total. The number of nitrogens with one attached hydrogen (secondary N) is 2. The monoisotopic (exact) mass is 624 g/mol. The van der Waals surface area contributed by atoms with Crippen LogP contribution in [0.5, 0.6) is 0 Å². The molecular weight excluding hydrogens is 596 g/mol. The molecule has 1 atom stereocenters. The number of halogens is 1. The molecule has 0 bridgehead atoms. The van der Waals surface area contributed by atoms with Gasteiger partial charge >= 0.3 is 6.09 Å². The molecule has 0 aliphatic rings. The summed E-state index contributed by atoms with van der Waals surface area (Å²) >= 11 is 6.23. The van der Waals surface area contributed by atoms with Crippen LogP contribution in [0.1, 0.15) is 22.9 Å². The number of nitrogens with zero attached hydrogens (tertiary/aromatic N) is 6. The second-order valence-electron chi connectivity index (χ2n) is 9.74. The van der Waals surface area contributed by atoms with E-state index in [2.05, 4.69) is 36.4 Å². The highest BCUT2D eigenvalue weighted by Crippen LogP contribution is 2.25. The highest BCUT2D eigenvalue weighted by Gasteiger charge is 2.18. The number of anilines is 1. The van der Waals surface area contributed by atoms with Crippen molar-refractivity contribution in [3.05, 3.63) is 119 Å². The third kappa shape index (κ3) is 8.78. The number of carbonyl (C=O) groups excluding carboxylic acids is 2. The van der Waals surface area contributed by atoms with E-state index in [0.29, 0.717) is 40.7 Å². The lowest BCUT2D eigenvalue weighted by atomic mass is 10.00. The maximum atomic E-state index is 13.3. The van der Waals surface area contributed by atoms with Gasteiger partial charge in [-0.1, -0.05) is 54.1 Å². The number of methoxy groups -OCH3 is 1. The maximum Gasteiger partial charge on any atom is 0.411 e. The van der Waals surface area contributed by atoms with Gasteiger partial charge in [0.1, 0.15) is 12.9 Å². The Morgan fingerprint density at radius 2 is 1.80 bits per heavy atom. The molecule has 0 radical (unpaired) electrons. The van der Waals surface area contributed by atoms with Crippen LogP contribution < -0.4 is 10.6 Å². The molecule has 2 aromatic heterocycles. The zero-order valence-corrected chi connectivity index (χ0v) is 25.0. The summed E-state index contributed by atoms with van der Waals surface area (Å²) in [5.41, 5.74) is 5.14. The van der Waals surface area contributed by atoms with Crippen LogP contribution in [-0.4, -0.2) is 62.7 Å². The summed E-state index contributed by atoms with van der Waals surface area (Å²) in [4.78, 5) is 25.2. The number of aromatic nitrogens is 6. The number of carbonyl (C=O) groups is 2. The van der Waals surface area contributed by atoms with E-state index >= 15 is 0 Å². The van der Waals surface area contributed by atoms with Gasteiger partial charge in [0.2, 0.25) is 5.91 Å². The minimum Gasteiger partial charge on any atom is -0.447 e. The lowest BCUT2D eigenvalue weighted by Crippen LogP contribution is -2.29. The lowest BCUT2D eigenvalue weighted by Gasteiger charge is -2.18. The summed E-state index contributed by atoms with van der Waals surface area (Å²) in [7, 11) is 1.53. The standard InChI is InChI=1S/C32H29ClN8O4/c1-44-15-16-45-32(43)36-27-11-7-23(8-12-27)25-19-29(38-34-20-25)28(17-22-5-3-2-4-6-22)37-31(42)14-9-24-18-26(33)10-13-30(24)41-21-35-39-40-41/h2-14,18-21,28H,15-17H2,1H3,(H,36,43)(H,37,42). The van der Waals surface area contributed by atoms with Gasteiger partial charge in [-0.3, -0.25) is 10.1 Å². The molecule has 0 saturated carbocycles. The Balaban J connectivity index is 1.34. The quantitative estimate of drug-likeness (QED) is 0.143. The topological polar surface area (TPSA) is 146 Å². The fourth-order valence-electron chi connectivity index (χ4n) is 4.43. The van der Waals surface area contributed by atoms with Crippen LogP contribution in [0, 0.1) is 0 Å². The van der Waals surface area contributed by atoms with Crippen molar-refractivity contribution in [2.24, 2.45) is 0 Å². The molecule has 228 valence electrons. The Hall–Kier alpha value is -5.46. The molecule has 0 aliphatic carbocycles. The molecule has 45 heavy (non-hydrogen) atoms. The summed E-state index contributed by atoms with van der Waals surface area (Å²) in [5.74, 6) is -0.335. The van der Waals surface area contributed by atoms with Crippen LogP contribution in [0.3, 0.4) is 0 Å². The van der Waals surface area contributed by atoms with Gasteiger partial charge in [-0.15, -0.1) is 5.10 Å². The predicted molar refractivity (Wildman–Crippen MR) is 169 cm³/mol. The Morgan fingerprint density at radius 3 is 2.56 bits per heavy atom. The maximum absolute atomic E-state index is 13.3. The molecule has 1 unspecified atom stereocenters. The number of tetrazole rings is 1. The van der Waals surface area contributed by atoms with Crippen LogP contribution in [-0.2, 0) is 20.7 Å². The Kier molecular flexibility index (Phi) is 10.5. The SMILES string of the molecule is COCCOC(=O)Nc1ccc(-c2cnnc(C(Cc3ccccc3)NC(=O)C=Cc3cc(Cl)ccc3-n3cnnn3)c2)cc1. The second-order valence-corrected chi connectivity index (χ2v) is 10.2. The van der Waals surface area contributed by atoms with Crippen molar-refractivity contribution in [2.75, 3.05) is 25.6 Å². The fraction of sp³-hybridized carbons (Fsp3) is 0.156. The molecule has 0 aliphatic heterocycles. The van der Waals surface area contributed by atoms with Crippen molar-refractivity contribution in [2.45, 2.75) is 12.5 Å². The molecule has 0 spiro atoms. The van der Waals surface area contributed by atoms with E-state index < -0.39 is 12.1 Å². The molecule has 5 rings (SSSR count). The number of rotatable bonds is 12. The first-order chi connectivity index (χ1) is 22.0. The minimum atomic E-state index is -0.566. The molecule has 5 aromatic rings. The lowest BCUT2D eigenvalue weighted by molar-refractivity contribution is -0.117. The molecule has 12 nitrogen and oxygen atoms in total. The van der Waals surface area contributed by atoms with Crippen molar-refractivity contribution in [3.8, 4) is 16.8 Å². The smallest absolute Gasteiger partial charge is 0.411 e. The highest BCUT2D eigenvalue weighted by molar-refractivity contribution is 6.30. The molecule has 13 heteroatoms. The van der Waals surface area contributed by atoms with Gasteiger partial charge in [0.25, 0.3) is 0 Å². The predicted octanol–water partition coefficient (Wildman–Crippen LogP) is 5.08. The summed E-state index contributed by atoms with van der Waals surface area (Å²) in [5, 5.41) is 26.2. The third-order valence-corrected chi connectivity index (χ3v) is 6.85. The van der Waals surface area contributed by atoms with E-state index in [0.717, 1.165) is 16.7 Å². The molecule has 3 aromatic carbocycles. The van der Waals surface area contributed by atoms with E-state index in [4.69, 9.17) is 21.1 Å². The van der Waals surface area contributed by atoms with E-state index in [9.17, 15) is 9.59 Å². The Morgan fingerprint density at radius 1 is 0.978 bits per heavy atom. The molecule has 2 amide bonds. The number of hydrogen-bond donors (Lipinski definition) is 2. The van der Waals surface area contributed by atoms with E-state index in [-0.39, 0.29) is 12.5 Å². The van der Waals surface area contributed by atoms with Gasteiger partial charge in [-0.05, 0) is 70.4 Å². The first-order valence-electron chi connectivity index (χ1n) is 13.9. The molecular formula is C32H29ClN8O4. The van der Waals surface area contributed by atoms with Crippen LogP contribution in [0.25, 0.3) is 22.9 Å². The van der Waals surface area contributed by atoms with Gasteiger partial charge in [-0.2, -0.15) is 14.9 Å². The zero-order chi connectivity index (χ0) is 31.4. The summed E-state index contributed by atoms with van der Waals surface area (Å²) in [6.45, 7) is 0.473. The van der Waals surface area contributed by atoms with Crippen molar-refractivity contribution < 1.29 is 19.1 Å². The average molecular weight is 625 g/mol. The zero-order valence-electron chi connectivity index (χ0n) is 24.2. The van der Waals surface area contributed by atoms with Crippen molar-refractivity contribution in [3.63, 3.8) is 0 Å². The van der Waals surface area contributed by atoms with Crippen LogP contribution in [0.15, 0.2) is 97.5 Å². The largest absolute Gasteiger partial charge is 0.447 e. The first-order valence-corrected chi connectivity index (χ1v) is 14.3. The van der Waals surface area contributed by atoms with Crippen molar-refractivity contribution >= 4 is 35.4 Å². The van der Waals surface area contributed by atoms with Crippen molar-refractivity contribution in [1.29, 1.82) is 0 Å². The normalized spacial score (nSPS) is 11.7. The van der Waals surface area contributed by atoms with Gasteiger partial charge in [-0.25, -0.2) is 4.79 Å². The van der Waals surface area contributed by atoms with Gasteiger partial charge in [0.05, 0.1) is 30.2 Å². The van der Waals surface area contributed by atoms with Crippen LogP contribution in [0.2, 0.25) is 5.02 Å². The Bertz CT molecular complexity index is 1750. The van der Waals surface area contributed by atoms with Crippen LogP contribution in [0.4, 0.5) is 10.5 Å². The molecule has 0 saturated heterocycles.